The van der Waals surface area contributed by atoms with E-state index in [1.54, 1.807) is 7.11 Å². The molecule has 1 aliphatic heterocycles. The van der Waals surface area contributed by atoms with Crippen LogP contribution in [0.3, 0.4) is 0 Å². The summed E-state index contributed by atoms with van der Waals surface area (Å²) in [5, 5.41) is 13.8. The fraction of sp³-hybridized carbons (Fsp3) is 0.385. The second-order valence-corrected chi connectivity index (χ2v) is 9.08. The van der Waals surface area contributed by atoms with Gasteiger partial charge in [0.2, 0.25) is 0 Å². The lowest BCUT2D eigenvalue weighted by molar-refractivity contribution is 0.177. The molecule has 1 saturated heterocycles. The van der Waals surface area contributed by atoms with Crippen molar-refractivity contribution in [3.8, 4) is 5.75 Å². The summed E-state index contributed by atoms with van der Waals surface area (Å²) in [4.78, 5) is 18.9. The number of benzene rings is 2. The Morgan fingerprint density at radius 2 is 1.76 bits per heavy atom. The van der Waals surface area contributed by atoms with E-state index in [-0.39, 0.29) is 11.6 Å². The lowest BCUT2D eigenvalue weighted by atomic mass is 9.98. The molecule has 176 valence electrons. The third-order valence-electron chi connectivity index (χ3n) is 6.82. The lowest BCUT2D eigenvalue weighted by Crippen LogP contribution is -2.38. The van der Waals surface area contributed by atoms with E-state index in [4.69, 9.17) is 4.74 Å². The van der Waals surface area contributed by atoms with E-state index in [2.05, 4.69) is 38.4 Å². The molecule has 0 amide bonds. The van der Waals surface area contributed by atoms with Crippen LogP contribution in [0.15, 0.2) is 47.3 Å². The molecule has 3 heterocycles. The number of likely N-dealkylation sites (tertiary alicyclic amines) is 1. The Morgan fingerprint density at radius 3 is 2.50 bits per heavy atom. The SMILES string of the molecule is COc1ccc(Cn2nnnc2[C@@H](c2cc3c(C)ccc(C)c3[nH]c2=O)N2CCCCC2)cc1. The van der Waals surface area contributed by atoms with Crippen LogP contribution in [0.4, 0.5) is 0 Å². The number of H-pyrrole nitrogens is 1. The lowest BCUT2D eigenvalue weighted by Gasteiger charge is -2.33. The number of nitrogens with one attached hydrogen (secondary N) is 1. The second kappa shape index (κ2) is 9.38. The Bertz CT molecular complexity index is 1350. The number of piperidine rings is 1. The fourth-order valence-electron chi connectivity index (χ4n) is 4.89. The van der Waals surface area contributed by atoms with Crippen LogP contribution in [0.2, 0.25) is 0 Å². The predicted molar refractivity (Wildman–Crippen MR) is 131 cm³/mol. The van der Waals surface area contributed by atoms with Gasteiger partial charge in [-0.2, -0.15) is 0 Å². The van der Waals surface area contributed by atoms with E-state index >= 15 is 0 Å². The average Bonchev–Trinajstić information content (AvgIpc) is 3.31. The summed E-state index contributed by atoms with van der Waals surface area (Å²) in [6, 6.07) is 13.8. The smallest absolute Gasteiger partial charge is 0.253 e. The first-order valence-corrected chi connectivity index (χ1v) is 11.8. The van der Waals surface area contributed by atoms with E-state index in [1.807, 2.05) is 48.0 Å². The predicted octanol–water partition coefficient (Wildman–Crippen LogP) is 3.76. The molecule has 2 aromatic carbocycles. The Labute approximate surface area is 198 Å². The molecular formula is C26H30N6O2. The molecule has 1 atom stereocenters. The van der Waals surface area contributed by atoms with Crippen LogP contribution in [0, 0.1) is 13.8 Å². The van der Waals surface area contributed by atoms with Gasteiger partial charge in [0.15, 0.2) is 5.82 Å². The third kappa shape index (κ3) is 4.21. The molecule has 8 heteroatoms. The zero-order valence-corrected chi connectivity index (χ0v) is 19.9. The minimum atomic E-state index is -0.318. The minimum absolute atomic E-state index is 0.0872. The Kier molecular flexibility index (Phi) is 6.15. The van der Waals surface area contributed by atoms with Gasteiger partial charge in [0.1, 0.15) is 11.8 Å². The van der Waals surface area contributed by atoms with Gasteiger partial charge in [0, 0.05) is 10.9 Å². The summed E-state index contributed by atoms with van der Waals surface area (Å²) >= 11 is 0. The molecule has 0 aliphatic carbocycles. The molecule has 34 heavy (non-hydrogen) atoms. The van der Waals surface area contributed by atoms with Gasteiger partial charge in [-0.3, -0.25) is 9.69 Å². The topological polar surface area (TPSA) is 88.9 Å². The Hall–Kier alpha value is -3.52. The van der Waals surface area contributed by atoms with Gasteiger partial charge in [-0.15, -0.1) is 5.10 Å². The minimum Gasteiger partial charge on any atom is -0.497 e. The normalized spacial score (nSPS) is 15.5. The maximum Gasteiger partial charge on any atom is 0.253 e. The first-order chi connectivity index (χ1) is 16.5. The van der Waals surface area contributed by atoms with Gasteiger partial charge in [0.25, 0.3) is 5.56 Å². The van der Waals surface area contributed by atoms with Gasteiger partial charge in [-0.05, 0) is 85.1 Å². The van der Waals surface area contributed by atoms with Crippen LogP contribution in [0.1, 0.15) is 53.4 Å². The van der Waals surface area contributed by atoms with E-state index in [0.717, 1.165) is 59.3 Å². The number of hydrogen-bond donors (Lipinski definition) is 1. The zero-order valence-electron chi connectivity index (χ0n) is 19.9. The zero-order chi connectivity index (χ0) is 23.7. The van der Waals surface area contributed by atoms with Crippen LogP contribution >= 0.6 is 0 Å². The standard InChI is InChI=1S/C26H30N6O2/c1-17-7-8-18(2)23-21(17)15-22(26(33)27-23)24(31-13-5-4-6-14-31)25-28-29-30-32(25)16-19-9-11-20(34-3)12-10-19/h7-12,15,24H,4-6,13-14,16H2,1-3H3,(H,27,33)/t24-/m1/s1. The molecular weight excluding hydrogens is 428 g/mol. The molecule has 4 aromatic rings. The van der Waals surface area contributed by atoms with E-state index in [1.165, 1.54) is 6.42 Å². The number of hydrogen-bond acceptors (Lipinski definition) is 6. The molecule has 1 aliphatic rings. The summed E-state index contributed by atoms with van der Waals surface area (Å²) in [6.07, 6.45) is 3.40. The highest BCUT2D eigenvalue weighted by atomic mass is 16.5. The number of aromatic nitrogens is 5. The van der Waals surface area contributed by atoms with Gasteiger partial charge in [-0.1, -0.05) is 30.7 Å². The average molecular weight is 459 g/mol. The molecule has 2 aromatic heterocycles. The van der Waals surface area contributed by atoms with Crippen molar-refractivity contribution in [3.05, 3.63) is 80.9 Å². The second-order valence-electron chi connectivity index (χ2n) is 9.08. The summed E-state index contributed by atoms with van der Waals surface area (Å²) in [5.41, 5.74) is 4.75. The van der Waals surface area contributed by atoms with Crippen molar-refractivity contribution >= 4 is 10.9 Å². The molecule has 8 nitrogen and oxygen atoms in total. The Balaban J connectivity index is 1.61. The molecule has 0 unspecified atom stereocenters. The summed E-state index contributed by atoms with van der Waals surface area (Å²) in [7, 11) is 1.65. The number of fused-ring (bicyclic) bond motifs is 1. The molecule has 5 rings (SSSR count). The van der Waals surface area contributed by atoms with E-state index in [0.29, 0.717) is 17.9 Å². The number of pyridine rings is 1. The summed E-state index contributed by atoms with van der Waals surface area (Å²) in [5.74, 6) is 1.49. The van der Waals surface area contributed by atoms with Gasteiger partial charge < -0.3 is 9.72 Å². The monoisotopic (exact) mass is 458 g/mol. The van der Waals surface area contributed by atoms with Gasteiger partial charge in [-0.25, -0.2) is 4.68 Å². The highest BCUT2D eigenvalue weighted by Crippen LogP contribution is 2.31. The number of aromatic amines is 1. The Morgan fingerprint density at radius 1 is 1.03 bits per heavy atom. The quantitative estimate of drug-likeness (QED) is 0.473. The maximum absolute atomic E-state index is 13.4. The van der Waals surface area contributed by atoms with Crippen LogP contribution in [-0.4, -0.2) is 50.3 Å². The molecule has 0 saturated carbocycles. The fourth-order valence-corrected chi connectivity index (χ4v) is 4.89. The molecule has 0 radical (unpaired) electrons. The number of rotatable bonds is 6. The van der Waals surface area contributed by atoms with Crippen molar-refractivity contribution in [3.63, 3.8) is 0 Å². The summed E-state index contributed by atoms with van der Waals surface area (Å²) in [6.45, 7) is 6.43. The summed E-state index contributed by atoms with van der Waals surface area (Å²) < 4.78 is 7.09. The maximum atomic E-state index is 13.4. The highest BCUT2D eigenvalue weighted by molar-refractivity contribution is 5.85. The number of tetrazole rings is 1. The highest BCUT2D eigenvalue weighted by Gasteiger charge is 2.31. The van der Waals surface area contributed by atoms with Crippen molar-refractivity contribution < 1.29 is 4.74 Å². The largest absolute Gasteiger partial charge is 0.497 e. The van der Waals surface area contributed by atoms with Crippen LogP contribution in [0.5, 0.6) is 5.75 Å². The van der Waals surface area contributed by atoms with Crippen LogP contribution < -0.4 is 10.3 Å². The number of ether oxygens (including phenoxy) is 1. The molecule has 0 bridgehead atoms. The molecule has 1 fully saturated rings. The van der Waals surface area contributed by atoms with Crippen molar-refractivity contribution in [2.75, 3.05) is 20.2 Å². The molecule has 1 N–H and O–H groups in total. The van der Waals surface area contributed by atoms with Crippen molar-refractivity contribution in [2.24, 2.45) is 0 Å². The molecule has 0 spiro atoms. The number of nitrogens with zero attached hydrogens (tertiary/aromatic N) is 5. The first kappa shape index (κ1) is 22.3. The van der Waals surface area contributed by atoms with Gasteiger partial charge in [0.05, 0.1) is 19.2 Å². The van der Waals surface area contributed by atoms with Crippen LogP contribution in [0.25, 0.3) is 10.9 Å². The number of methoxy groups -OCH3 is 1. The van der Waals surface area contributed by atoms with Crippen molar-refractivity contribution in [1.29, 1.82) is 0 Å². The van der Waals surface area contributed by atoms with E-state index in [9.17, 15) is 4.79 Å². The van der Waals surface area contributed by atoms with Crippen molar-refractivity contribution in [2.45, 2.75) is 45.7 Å². The van der Waals surface area contributed by atoms with Gasteiger partial charge >= 0.3 is 0 Å². The third-order valence-corrected chi connectivity index (χ3v) is 6.82. The number of aryl methyl sites for hydroxylation is 2. The first-order valence-electron chi connectivity index (χ1n) is 11.8. The van der Waals surface area contributed by atoms with Crippen molar-refractivity contribution in [1.82, 2.24) is 30.1 Å². The van der Waals surface area contributed by atoms with Crippen LogP contribution in [-0.2, 0) is 6.54 Å². The van der Waals surface area contributed by atoms with E-state index < -0.39 is 0 Å².